The van der Waals surface area contributed by atoms with Gasteiger partial charge in [0, 0.05) is 17.5 Å². The zero-order valence-corrected chi connectivity index (χ0v) is 14.0. The van der Waals surface area contributed by atoms with Crippen LogP contribution in [0.15, 0.2) is 42.5 Å². The molecule has 124 valence electrons. The van der Waals surface area contributed by atoms with Crippen LogP contribution in [0, 0.1) is 5.92 Å². The summed E-state index contributed by atoms with van der Waals surface area (Å²) >= 11 is 0. The molecule has 24 heavy (non-hydrogen) atoms. The van der Waals surface area contributed by atoms with Crippen molar-refractivity contribution in [2.24, 2.45) is 5.92 Å². The van der Waals surface area contributed by atoms with Gasteiger partial charge in [-0.2, -0.15) is 0 Å². The fourth-order valence-electron chi connectivity index (χ4n) is 3.47. The molecule has 0 aliphatic heterocycles. The zero-order valence-electron chi connectivity index (χ0n) is 14.0. The zero-order chi connectivity index (χ0) is 17.3. The maximum atomic E-state index is 12.2. The number of amides is 1. The monoisotopic (exact) mass is 323 g/mol. The fourth-order valence-corrected chi connectivity index (χ4v) is 3.47. The van der Waals surface area contributed by atoms with Crippen molar-refractivity contribution in [2.45, 2.75) is 26.0 Å². The van der Waals surface area contributed by atoms with E-state index in [0.717, 1.165) is 27.9 Å². The highest BCUT2D eigenvalue weighted by atomic mass is 16.3. The van der Waals surface area contributed by atoms with Crippen LogP contribution in [0.25, 0.3) is 11.1 Å². The largest absolute Gasteiger partial charge is 0.451 e. The number of hydrogen-bond donors (Lipinski definition) is 3. The predicted molar refractivity (Wildman–Crippen MR) is 97.2 cm³/mol. The molecule has 1 aliphatic carbocycles. The van der Waals surface area contributed by atoms with E-state index in [1.54, 1.807) is 6.82 Å². The van der Waals surface area contributed by atoms with Gasteiger partial charge in [0.25, 0.3) is 6.92 Å². The van der Waals surface area contributed by atoms with Gasteiger partial charge in [-0.15, -0.1) is 0 Å². The van der Waals surface area contributed by atoms with Crippen LogP contribution in [-0.2, 0) is 4.79 Å². The Morgan fingerprint density at radius 2 is 1.92 bits per heavy atom. The number of aliphatic hydroxyl groups excluding tert-OH is 1. The molecule has 1 amide bonds. The van der Waals surface area contributed by atoms with Crippen molar-refractivity contribution in [3.8, 4) is 11.1 Å². The summed E-state index contributed by atoms with van der Waals surface area (Å²) in [5.41, 5.74) is 5.15. The Kier molecular flexibility index (Phi) is 4.74. The average Bonchev–Trinajstić information content (AvgIpc) is 2.87. The summed E-state index contributed by atoms with van der Waals surface area (Å²) in [6, 6.07) is 13.9. The Labute approximate surface area is 142 Å². The van der Waals surface area contributed by atoms with Crippen LogP contribution in [0.4, 0.5) is 5.69 Å². The predicted octanol–water partition coefficient (Wildman–Crippen LogP) is 2.98. The summed E-state index contributed by atoms with van der Waals surface area (Å²) in [6.45, 7) is 3.03. The van der Waals surface area contributed by atoms with Crippen molar-refractivity contribution in [1.82, 2.24) is 0 Å². The molecule has 0 fully saturated rings. The van der Waals surface area contributed by atoms with Crippen LogP contribution >= 0.6 is 0 Å². The van der Waals surface area contributed by atoms with E-state index < -0.39 is 6.92 Å². The molecule has 0 bridgehead atoms. The smallest absolute Gasteiger partial charge is 0.286 e. The van der Waals surface area contributed by atoms with Gasteiger partial charge >= 0.3 is 0 Å². The van der Waals surface area contributed by atoms with Gasteiger partial charge in [-0.05, 0) is 40.7 Å². The Morgan fingerprint density at radius 3 is 2.62 bits per heavy atom. The van der Waals surface area contributed by atoms with Crippen molar-refractivity contribution >= 4 is 18.5 Å². The number of anilines is 1. The molecule has 0 aromatic heterocycles. The standard InChI is InChI=1S/C19H22BNO3/c1-12(10-20(2)24)19(23)21-13-7-8-16-14-5-3-4-6-15(14)18(11-22)17(16)9-13/h3-9,12,18,22,24H,10-11H2,1-2H3,(H,21,23). The topological polar surface area (TPSA) is 69.6 Å². The molecule has 0 spiro atoms. The number of carbonyl (C=O) groups excluding carboxylic acids is 1. The second kappa shape index (κ2) is 6.79. The van der Waals surface area contributed by atoms with Crippen LogP contribution in [-0.4, -0.2) is 29.6 Å². The molecule has 0 radical (unpaired) electrons. The SMILES string of the molecule is CB(O)CC(C)C(=O)Nc1ccc2c(c1)C(CO)c1ccccc1-2. The Balaban J connectivity index is 1.85. The second-order valence-electron chi connectivity index (χ2n) is 6.60. The van der Waals surface area contributed by atoms with Gasteiger partial charge in [-0.1, -0.05) is 44.1 Å². The molecular formula is C19H22BNO3. The number of benzene rings is 2. The minimum Gasteiger partial charge on any atom is -0.451 e. The lowest BCUT2D eigenvalue weighted by molar-refractivity contribution is -0.118. The molecule has 2 unspecified atom stereocenters. The molecule has 2 atom stereocenters. The van der Waals surface area contributed by atoms with Crippen molar-refractivity contribution < 1.29 is 14.9 Å². The van der Waals surface area contributed by atoms with E-state index in [-0.39, 0.29) is 24.3 Å². The molecule has 1 aliphatic rings. The van der Waals surface area contributed by atoms with Crippen LogP contribution in [0.3, 0.4) is 0 Å². The number of nitrogens with one attached hydrogen (secondary N) is 1. The molecule has 0 saturated heterocycles. The Hall–Kier alpha value is -2.11. The Bertz CT molecular complexity index is 760. The first kappa shape index (κ1) is 16.7. The Morgan fingerprint density at radius 1 is 1.21 bits per heavy atom. The van der Waals surface area contributed by atoms with Crippen LogP contribution in [0.2, 0.25) is 13.1 Å². The van der Waals surface area contributed by atoms with Crippen molar-refractivity contribution in [3.05, 3.63) is 53.6 Å². The van der Waals surface area contributed by atoms with Crippen LogP contribution in [0.1, 0.15) is 24.0 Å². The van der Waals surface area contributed by atoms with E-state index in [0.29, 0.717) is 6.32 Å². The maximum absolute atomic E-state index is 12.2. The number of fused-ring (bicyclic) bond motifs is 3. The van der Waals surface area contributed by atoms with Crippen molar-refractivity contribution in [3.63, 3.8) is 0 Å². The molecular weight excluding hydrogens is 301 g/mol. The molecule has 2 aromatic carbocycles. The first-order valence-electron chi connectivity index (χ1n) is 8.34. The highest BCUT2D eigenvalue weighted by molar-refractivity contribution is 6.49. The fraction of sp³-hybridized carbons (Fsp3) is 0.316. The van der Waals surface area contributed by atoms with Crippen LogP contribution in [0.5, 0.6) is 0 Å². The minimum absolute atomic E-state index is 0.0415. The molecule has 4 nitrogen and oxygen atoms in total. The summed E-state index contributed by atoms with van der Waals surface area (Å²) in [5, 5.41) is 22.1. The van der Waals surface area contributed by atoms with Gasteiger partial charge in [0.05, 0.1) is 6.61 Å². The third-order valence-electron chi connectivity index (χ3n) is 4.65. The van der Waals surface area contributed by atoms with E-state index in [4.69, 9.17) is 0 Å². The summed E-state index contributed by atoms with van der Waals surface area (Å²) in [7, 11) is 0. The number of carbonyl (C=O) groups is 1. The van der Waals surface area contributed by atoms with Gasteiger partial charge in [0.2, 0.25) is 5.91 Å². The van der Waals surface area contributed by atoms with E-state index in [1.165, 1.54) is 0 Å². The first-order valence-corrected chi connectivity index (χ1v) is 8.34. The van der Waals surface area contributed by atoms with Gasteiger partial charge in [0.1, 0.15) is 0 Å². The third-order valence-corrected chi connectivity index (χ3v) is 4.65. The minimum atomic E-state index is -0.501. The maximum Gasteiger partial charge on any atom is 0.286 e. The number of hydrogen-bond acceptors (Lipinski definition) is 3. The summed E-state index contributed by atoms with van der Waals surface area (Å²) in [4.78, 5) is 12.2. The summed E-state index contributed by atoms with van der Waals surface area (Å²) in [6.07, 6.45) is 0.432. The van der Waals surface area contributed by atoms with E-state index in [1.807, 2.05) is 43.3 Å². The lowest BCUT2D eigenvalue weighted by Gasteiger charge is -2.14. The van der Waals surface area contributed by atoms with Crippen LogP contribution < -0.4 is 5.32 Å². The van der Waals surface area contributed by atoms with E-state index in [9.17, 15) is 14.9 Å². The molecule has 5 heteroatoms. The summed E-state index contributed by atoms with van der Waals surface area (Å²) in [5.74, 6) is -0.418. The number of rotatable bonds is 5. The molecule has 0 heterocycles. The molecule has 2 aromatic rings. The first-order chi connectivity index (χ1) is 11.5. The quantitative estimate of drug-likeness (QED) is 0.741. The molecule has 3 N–H and O–H groups in total. The normalized spacial score (nSPS) is 16.2. The lowest BCUT2D eigenvalue weighted by Crippen LogP contribution is -2.24. The summed E-state index contributed by atoms with van der Waals surface area (Å²) < 4.78 is 0. The van der Waals surface area contributed by atoms with Gasteiger partial charge in [-0.3, -0.25) is 4.79 Å². The van der Waals surface area contributed by atoms with E-state index >= 15 is 0 Å². The third kappa shape index (κ3) is 3.10. The van der Waals surface area contributed by atoms with E-state index in [2.05, 4.69) is 11.4 Å². The van der Waals surface area contributed by atoms with Gasteiger partial charge in [-0.25, -0.2) is 0 Å². The highest BCUT2D eigenvalue weighted by Gasteiger charge is 2.28. The lowest BCUT2D eigenvalue weighted by atomic mass is 9.64. The number of aliphatic hydroxyl groups is 1. The second-order valence-corrected chi connectivity index (χ2v) is 6.60. The van der Waals surface area contributed by atoms with Gasteiger partial charge < -0.3 is 15.4 Å². The molecule has 3 rings (SSSR count). The molecule has 0 saturated carbocycles. The average molecular weight is 323 g/mol. The van der Waals surface area contributed by atoms with Crippen molar-refractivity contribution in [2.75, 3.05) is 11.9 Å². The highest BCUT2D eigenvalue weighted by Crippen LogP contribution is 2.45. The van der Waals surface area contributed by atoms with Crippen molar-refractivity contribution in [1.29, 1.82) is 0 Å². The van der Waals surface area contributed by atoms with Gasteiger partial charge in [0.15, 0.2) is 0 Å².